The van der Waals surface area contributed by atoms with E-state index in [0.717, 1.165) is 0 Å². The van der Waals surface area contributed by atoms with Gasteiger partial charge >= 0.3 is 0 Å². The average molecular weight is 269 g/mol. The monoisotopic (exact) mass is 267 g/mol. The van der Waals surface area contributed by atoms with Gasteiger partial charge in [0.25, 0.3) is 0 Å². The smallest absolute Gasteiger partial charge is 0.236 e. The van der Waals surface area contributed by atoms with Crippen molar-refractivity contribution in [2.24, 2.45) is 4.99 Å². The summed E-state index contributed by atoms with van der Waals surface area (Å²) in [4.78, 5) is 3.60. The van der Waals surface area contributed by atoms with E-state index < -0.39 is 10.0 Å². The van der Waals surface area contributed by atoms with Gasteiger partial charge in [0.1, 0.15) is 5.75 Å². The average Bonchev–Trinajstić information content (AvgIpc) is 2.14. The first-order valence-corrected chi connectivity index (χ1v) is 5.10. The third-order valence-electron chi connectivity index (χ3n) is 1.58. The zero-order valence-electron chi connectivity index (χ0n) is 7.44. The number of aliphatic hydroxyl groups is 1. The highest BCUT2D eigenvalue weighted by Gasteiger charge is 2.29. The van der Waals surface area contributed by atoms with E-state index in [-0.39, 0.29) is 5.75 Å². The number of phenols is 1. The highest BCUT2D eigenvalue weighted by Crippen LogP contribution is 2.30. The summed E-state index contributed by atoms with van der Waals surface area (Å²) in [6.07, 6.45) is -0.232. The molecule has 6 heteroatoms. The molecular weight excluding hydrogens is 260 g/mol. The van der Waals surface area contributed by atoms with Gasteiger partial charge in [0, 0.05) is 11.8 Å². The second kappa shape index (κ2) is 5.03. The van der Waals surface area contributed by atoms with E-state index in [9.17, 15) is 10.2 Å². The highest BCUT2D eigenvalue weighted by molar-refractivity contribution is 6.68. The summed E-state index contributed by atoms with van der Waals surface area (Å²) in [6.45, 7) is 0. The molecule has 0 bridgehead atoms. The van der Waals surface area contributed by atoms with Crippen molar-refractivity contribution in [1.29, 1.82) is 0 Å². The largest absolute Gasteiger partial charge is 0.507 e. The number of aromatic hydroxyl groups is 1. The Balaban J connectivity index is 2.79. The van der Waals surface area contributed by atoms with Crippen LogP contribution in [0.5, 0.6) is 5.75 Å². The molecule has 0 aliphatic carbocycles. The molecule has 0 saturated carbocycles. The van der Waals surface area contributed by atoms with Gasteiger partial charge in [-0.15, -0.1) is 0 Å². The van der Waals surface area contributed by atoms with Crippen molar-refractivity contribution in [3.8, 4) is 5.75 Å². The molecule has 0 amide bonds. The van der Waals surface area contributed by atoms with Gasteiger partial charge < -0.3 is 10.2 Å². The van der Waals surface area contributed by atoms with E-state index in [0.29, 0.717) is 5.56 Å². The predicted molar refractivity (Wildman–Crippen MR) is 62.0 cm³/mol. The lowest BCUT2D eigenvalue weighted by molar-refractivity contribution is 0.190. The van der Waals surface area contributed by atoms with Crippen LogP contribution in [0.2, 0.25) is 0 Å². The Morgan fingerprint density at radius 3 is 2.40 bits per heavy atom. The number of hydrogen-bond donors (Lipinski definition) is 2. The van der Waals surface area contributed by atoms with E-state index in [2.05, 4.69) is 4.99 Å². The lowest BCUT2D eigenvalue weighted by atomic mass is 10.2. The summed E-state index contributed by atoms with van der Waals surface area (Å²) < 4.78 is -1.87. The Morgan fingerprint density at radius 1 is 1.27 bits per heavy atom. The number of aliphatic hydroxyl groups excluding tert-OH is 1. The van der Waals surface area contributed by atoms with Gasteiger partial charge in [0.05, 0.1) is 0 Å². The summed E-state index contributed by atoms with van der Waals surface area (Å²) in [5.41, 5.74) is 0.436. The number of aliphatic imine (C=N–C) groups is 1. The Hall–Kier alpha value is -0.480. The van der Waals surface area contributed by atoms with Crippen LogP contribution < -0.4 is 0 Å². The van der Waals surface area contributed by atoms with Crippen LogP contribution in [-0.2, 0) is 0 Å². The van der Waals surface area contributed by atoms with E-state index in [4.69, 9.17) is 34.8 Å². The second-order valence-electron chi connectivity index (χ2n) is 2.75. The summed E-state index contributed by atoms with van der Waals surface area (Å²) in [5.74, 6) is 0.0396. The van der Waals surface area contributed by atoms with E-state index in [1.165, 1.54) is 12.3 Å². The minimum atomic E-state index is -1.87. The molecule has 0 aromatic heterocycles. The molecule has 0 aliphatic heterocycles. The minimum absolute atomic E-state index is 0.0396. The van der Waals surface area contributed by atoms with Gasteiger partial charge in [-0.05, 0) is 12.1 Å². The molecule has 0 aliphatic rings. The van der Waals surface area contributed by atoms with Crippen molar-refractivity contribution >= 4 is 41.0 Å². The molecule has 1 atom stereocenters. The first-order valence-electron chi connectivity index (χ1n) is 3.97. The number of phenolic OH excluding ortho intramolecular Hbond substituents is 1. The Morgan fingerprint density at radius 2 is 1.87 bits per heavy atom. The molecule has 0 saturated heterocycles. The summed E-state index contributed by atoms with van der Waals surface area (Å²) in [7, 11) is 0. The Kier molecular flexibility index (Phi) is 4.22. The summed E-state index contributed by atoms with van der Waals surface area (Å²) in [6, 6.07) is 6.48. The zero-order chi connectivity index (χ0) is 11.5. The van der Waals surface area contributed by atoms with Crippen LogP contribution in [-0.4, -0.2) is 26.4 Å². The van der Waals surface area contributed by atoms with E-state index >= 15 is 0 Å². The second-order valence-corrected chi connectivity index (χ2v) is 5.12. The van der Waals surface area contributed by atoms with Gasteiger partial charge in [0.15, 0.2) is 6.23 Å². The number of alkyl halides is 3. The first-order chi connectivity index (χ1) is 6.91. The fourth-order valence-corrected chi connectivity index (χ4v) is 1.00. The number of nitrogens with zero attached hydrogens (tertiary/aromatic N) is 1. The topological polar surface area (TPSA) is 52.8 Å². The molecule has 0 fully saturated rings. The molecule has 0 radical (unpaired) electrons. The minimum Gasteiger partial charge on any atom is -0.507 e. The molecule has 0 spiro atoms. The number of benzene rings is 1. The van der Waals surface area contributed by atoms with Gasteiger partial charge in [0.2, 0.25) is 3.79 Å². The maximum Gasteiger partial charge on any atom is 0.236 e. The Bertz CT molecular complexity index is 363. The molecule has 2 N–H and O–H groups in total. The van der Waals surface area contributed by atoms with Crippen LogP contribution in [0.1, 0.15) is 5.56 Å². The number of para-hydroxylation sites is 1. The number of halogens is 3. The molecule has 1 unspecified atom stereocenters. The van der Waals surface area contributed by atoms with Crippen LogP contribution >= 0.6 is 34.8 Å². The standard InChI is InChI=1S/C9H8Cl3NO2/c10-9(11,12)8(15)13-5-6-3-1-2-4-7(6)14/h1-5,8,14-15H. The molecular formula is C9H8Cl3NO2. The lowest BCUT2D eigenvalue weighted by Crippen LogP contribution is -2.22. The van der Waals surface area contributed by atoms with Crippen molar-refractivity contribution in [3.05, 3.63) is 29.8 Å². The number of rotatable bonds is 2. The van der Waals surface area contributed by atoms with Crippen LogP contribution in [0.15, 0.2) is 29.3 Å². The maximum atomic E-state index is 9.35. The quantitative estimate of drug-likeness (QED) is 0.639. The van der Waals surface area contributed by atoms with Crippen LogP contribution in [0.3, 0.4) is 0 Å². The van der Waals surface area contributed by atoms with Gasteiger partial charge in [-0.1, -0.05) is 46.9 Å². The van der Waals surface area contributed by atoms with Gasteiger partial charge in [-0.25, -0.2) is 0 Å². The molecule has 1 aromatic carbocycles. The van der Waals surface area contributed by atoms with Crippen molar-refractivity contribution in [2.45, 2.75) is 10.0 Å². The summed E-state index contributed by atoms with van der Waals surface area (Å²) >= 11 is 16.2. The highest BCUT2D eigenvalue weighted by atomic mass is 35.6. The first kappa shape index (κ1) is 12.6. The normalized spacial score (nSPS) is 14.4. The van der Waals surface area contributed by atoms with Crippen LogP contribution in [0, 0.1) is 0 Å². The molecule has 82 valence electrons. The van der Waals surface area contributed by atoms with E-state index in [1.807, 2.05) is 0 Å². The van der Waals surface area contributed by atoms with Gasteiger partial charge in [-0.2, -0.15) is 0 Å². The van der Waals surface area contributed by atoms with Crippen molar-refractivity contribution < 1.29 is 10.2 Å². The zero-order valence-corrected chi connectivity index (χ0v) is 9.71. The summed E-state index contributed by atoms with van der Waals surface area (Å²) in [5, 5.41) is 18.6. The third-order valence-corrected chi connectivity index (χ3v) is 2.17. The SMILES string of the molecule is Oc1ccccc1C=NC(O)C(Cl)(Cl)Cl. The van der Waals surface area contributed by atoms with E-state index in [1.54, 1.807) is 18.2 Å². The number of hydrogen-bond acceptors (Lipinski definition) is 3. The maximum absolute atomic E-state index is 9.35. The third kappa shape index (κ3) is 3.87. The fourth-order valence-electron chi connectivity index (χ4n) is 0.832. The molecule has 3 nitrogen and oxygen atoms in total. The fraction of sp³-hybridized carbons (Fsp3) is 0.222. The van der Waals surface area contributed by atoms with Crippen molar-refractivity contribution in [2.75, 3.05) is 0 Å². The van der Waals surface area contributed by atoms with Crippen LogP contribution in [0.4, 0.5) is 0 Å². The predicted octanol–water partition coefficient (Wildman–Crippen LogP) is 2.50. The molecule has 1 rings (SSSR count). The molecule has 1 aromatic rings. The molecule has 0 heterocycles. The van der Waals surface area contributed by atoms with Crippen LogP contribution in [0.25, 0.3) is 0 Å². The lowest BCUT2D eigenvalue weighted by Gasteiger charge is -2.13. The van der Waals surface area contributed by atoms with Crippen molar-refractivity contribution in [3.63, 3.8) is 0 Å². The van der Waals surface area contributed by atoms with Gasteiger partial charge in [-0.3, -0.25) is 4.99 Å². The molecule has 15 heavy (non-hydrogen) atoms. The Labute approximate surface area is 102 Å². The van der Waals surface area contributed by atoms with Crippen molar-refractivity contribution in [1.82, 2.24) is 0 Å².